The predicted octanol–water partition coefficient (Wildman–Crippen LogP) is 3.83. The van der Waals surface area contributed by atoms with Crippen LogP contribution in [0.25, 0.3) is 0 Å². The monoisotopic (exact) mass is 232 g/mol. The molecule has 1 aromatic carbocycles. The van der Waals surface area contributed by atoms with Gasteiger partial charge < -0.3 is 5.11 Å². The van der Waals surface area contributed by atoms with Gasteiger partial charge in [-0.25, -0.2) is 0 Å². The van der Waals surface area contributed by atoms with Crippen LogP contribution in [0.4, 0.5) is 0 Å². The standard InChI is InChI=1S/C16H24O/c1-15(2,3)14-8-6-13(7-9-14)12-16(17)10-4-5-11-16/h6-9,17H,4-5,10-12H2,1-3H3. The normalized spacial score (nSPS) is 19.5. The Balaban J connectivity index is 2.08. The molecule has 0 saturated heterocycles. The summed E-state index contributed by atoms with van der Waals surface area (Å²) in [5, 5.41) is 10.4. The Bertz CT molecular complexity index is 364. The average molecular weight is 232 g/mol. The van der Waals surface area contributed by atoms with E-state index in [4.69, 9.17) is 0 Å². The van der Waals surface area contributed by atoms with Gasteiger partial charge in [-0.2, -0.15) is 0 Å². The van der Waals surface area contributed by atoms with E-state index >= 15 is 0 Å². The molecule has 1 nitrogen and oxygen atoms in total. The van der Waals surface area contributed by atoms with Crippen LogP contribution in [0.2, 0.25) is 0 Å². The molecule has 0 amide bonds. The van der Waals surface area contributed by atoms with Gasteiger partial charge >= 0.3 is 0 Å². The van der Waals surface area contributed by atoms with E-state index < -0.39 is 5.60 Å². The molecule has 0 aliphatic heterocycles. The molecule has 0 unspecified atom stereocenters. The summed E-state index contributed by atoms with van der Waals surface area (Å²) in [7, 11) is 0. The number of hydrogen-bond donors (Lipinski definition) is 1. The zero-order chi connectivity index (χ0) is 12.5. The van der Waals surface area contributed by atoms with Gasteiger partial charge in [-0.1, -0.05) is 57.9 Å². The summed E-state index contributed by atoms with van der Waals surface area (Å²) in [6.07, 6.45) is 5.10. The molecule has 1 aliphatic rings. The van der Waals surface area contributed by atoms with Gasteiger partial charge in [0.15, 0.2) is 0 Å². The molecule has 2 rings (SSSR count). The Morgan fingerprint density at radius 3 is 2.06 bits per heavy atom. The maximum Gasteiger partial charge on any atom is 0.0688 e. The highest BCUT2D eigenvalue weighted by Crippen LogP contribution is 2.33. The fourth-order valence-corrected chi connectivity index (χ4v) is 2.71. The molecule has 0 spiro atoms. The summed E-state index contributed by atoms with van der Waals surface area (Å²) in [5.41, 5.74) is 2.41. The quantitative estimate of drug-likeness (QED) is 0.821. The van der Waals surface area contributed by atoms with Gasteiger partial charge in [0.05, 0.1) is 5.60 Å². The SMILES string of the molecule is CC(C)(C)c1ccc(CC2(O)CCCC2)cc1. The first-order valence-electron chi connectivity index (χ1n) is 6.71. The fraction of sp³-hybridized carbons (Fsp3) is 0.625. The van der Waals surface area contributed by atoms with Gasteiger partial charge in [0.25, 0.3) is 0 Å². The molecule has 0 radical (unpaired) electrons. The summed E-state index contributed by atoms with van der Waals surface area (Å²) in [6.45, 7) is 6.69. The fourth-order valence-electron chi connectivity index (χ4n) is 2.71. The van der Waals surface area contributed by atoms with E-state index in [0.29, 0.717) is 0 Å². The summed E-state index contributed by atoms with van der Waals surface area (Å²) in [5.74, 6) is 0. The number of benzene rings is 1. The van der Waals surface area contributed by atoms with Crippen molar-refractivity contribution in [1.29, 1.82) is 0 Å². The third-order valence-electron chi connectivity index (χ3n) is 3.89. The second-order valence-electron chi connectivity index (χ2n) is 6.56. The highest BCUT2D eigenvalue weighted by atomic mass is 16.3. The molecule has 1 aromatic rings. The predicted molar refractivity (Wildman–Crippen MR) is 72.3 cm³/mol. The Hall–Kier alpha value is -0.820. The van der Waals surface area contributed by atoms with Crippen molar-refractivity contribution in [2.24, 2.45) is 0 Å². The summed E-state index contributed by atoms with van der Waals surface area (Å²) >= 11 is 0. The average Bonchev–Trinajstić information content (AvgIpc) is 2.64. The molecular weight excluding hydrogens is 208 g/mol. The van der Waals surface area contributed by atoms with Crippen LogP contribution in [0.5, 0.6) is 0 Å². The summed E-state index contributed by atoms with van der Waals surface area (Å²) in [6, 6.07) is 8.76. The Morgan fingerprint density at radius 1 is 1.06 bits per heavy atom. The van der Waals surface area contributed by atoms with E-state index in [1.54, 1.807) is 0 Å². The highest BCUT2D eigenvalue weighted by Gasteiger charge is 2.31. The molecule has 0 atom stereocenters. The Morgan fingerprint density at radius 2 is 1.59 bits per heavy atom. The van der Waals surface area contributed by atoms with Crippen LogP contribution >= 0.6 is 0 Å². The van der Waals surface area contributed by atoms with Crippen molar-refractivity contribution in [3.63, 3.8) is 0 Å². The van der Waals surface area contributed by atoms with Crippen LogP contribution in [-0.4, -0.2) is 10.7 Å². The van der Waals surface area contributed by atoms with Gasteiger partial charge in [-0.15, -0.1) is 0 Å². The minimum absolute atomic E-state index is 0.211. The minimum atomic E-state index is -0.427. The Labute approximate surface area is 105 Å². The van der Waals surface area contributed by atoms with Crippen molar-refractivity contribution in [3.05, 3.63) is 35.4 Å². The van der Waals surface area contributed by atoms with Crippen molar-refractivity contribution in [1.82, 2.24) is 0 Å². The molecule has 0 bridgehead atoms. The molecule has 0 heterocycles. The van der Waals surface area contributed by atoms with E-state index in [1.165, 1.54) is 24.0 Å². The van der Waals surface area contributed by atoms with Crippen molar-refractivity contribution >= 4 is 0 Å². The first-order chi connectivity index (χ1) is 7.89. The topological polar surface area (TPSA) is 20.2 Å². The molecular formula is C16H24O. The van der Waals surface area contributed by atoms with E-state index in [1.807, 2.05) is 0 Å². The second kappa shape index (κ2) is 4.45. The number of rotatable bonds is 2. The maximum atomic E-state index is 10.4. The largest absolute Gasteiger partial charge is 0.390 e. The molecule has 0 aromatic heterocycles. The lowest BCUT2D eigenvalue weighted by Gasteiger charge is -2.23. The molecule has 1 saturated carbocycles. The van der Waals surface area contributed by atoms with Crippen LogP contribution < -0.4 is 0 Å². The van der Waals surface area contributed by atoms with Gasteiger partial charge in [0.2, 0.25) is 0 Å². The van der Waals surface area contributed by atoms with Crippen molar-refractivity contribution in [2.45, 2.75) is 63.9 Å². The lowest BCUT2D eigenvalue weighted by Crippen LogP contribution is -2.27. The molecule has 94 valence electrons. The van der Waals surface area contributed by atoms with Crippen molar-refractivity contribution in [3.8, 4) is 0 Å². The zero-order valence-corrected chi connectivity index (χ0v) is 11.3. The highest BCUT2D eigenvalue weighted by molar-refractivity contribution is 5.28. The maximum absolute atomic E-state index is 10.4. The van der Waals surface area contributed by atoms with Crippen LogP contribution in [0.15, 0.2) is 24.3 Å². The molecule has 1 heteroatoms. The van der Waals surface area contributed by atoms with Crippen LogP contribution in [-0.2, 0) is 11.8 Å². The first kappa shape index (κ1) is 12.6. The third kappa shape index (κ3) is 3.10. The lowest BCUT2D eigenvalue weighted by atomic mass is 9.85. The lowest BCUT2D eigenvalue weighted by molar-refractivity contribution is 0.0482. The van der Waals surface area contributed by atoms with Gasteiger partial charge in [-0.05, 0) is 29.4 Å². The summed E-state index contributed by atoms with van der Waals surface area (Å²) in [4.78, 5) is 0. The van der Waals surface area contributed by atoms with E-state index in [-0.39, 0.29) is 5.41 Å². The van der Waals surface area contributed by atoms with E-state index in [2.05, 4.69) is 45.0 Å². The molecule has 1 N–H and O–H groups in total. The van der Waals surface area contributed by atoms with Gasteiger partial charge in [0, 0.05) is 6.42 Å². The zero-order valence-electron chi connectivity index (χ0n) is 11.3. The smallest absolute Gasteiger partial charge is 0.0688 e. The van der Waals surface area contributed by atoms with Gasteiger partial charge in [0.1, 0.15) is 0 Å². The molecule has 1 aliphatic carbocycles. The summed E-state index contributed by atoms with van der Waals surface area (Å²) < 4.78 is 0. The Kier molecular flexibility index (Phi) is 3.31. The number of hydrogen-bond acceptors (Lipinski definition) is 1. The van der Waals surface area contributed by atoms with Crippen LogP contribution in [0.3, 0.4) is 0 Å². The van der Waals surface area contributed by atoms with Gasteiger partial charge in [-0.3, -0.25) is 0 Å². The second-order valence-corrected chi connectivity index (χ2v) is 6.56. The first-order valence-corrected chi connectivity index (χ1v) is 6.71. The van der Waals surface area contributed by atoms with Crippen molar-refractivity contribution in [2.75, 3.05) is 0 Å². The van der Waals surface area contributed by atoms with Crippen LogP contribution in [0, 0.1) is 0 Å². The van der Waals surface area contributed by atoms with E-state index in [9.17, 15) is 5.11 Å². The third-order valence-corrected chi connectivity index (χ3v) is 3.89. The van der Waals surface area contributed by atoms with Crippen molar-refractivity contribution < 1.29 is 5.11 Å². The van der Waals surface area contributed by atoms with Crippen LogP contribution in [0.1, 0.15) is 57.6 Å². The molecule has 1 fully saturated rings. The minimum Gasteiger partial charge on any atom is -0.390 e. The molecule has 17 heavy (non-hydrogen) atoms. The van der Waals surface area contributed by atoms with E-state index in [0.717, 1.165) is 19.3 Å². The number of aliphatic hydroxyl groups is 1.